The summed E-state index contributed by atoms with van der Waals surface area (Å²) in [6.45, 7) is 10.0. The van der Waals surface area contributed by atoms with Crippen molar-refractivity contribution in [2.45, 2.75) is 58.2 Å². The van der Waals surface area contributed by atoms with Gasteiger partial charge in [-0.2, -0.15) is 0 Å². The Hall–Kier alpha value is -0.850. The standard InChI is InChI=1S/C23H37N3O2.2ClH/c1-3-21(25-23(27)15-18(2)20-9-11-24-12-10-20)22-17-26(13-14-28-22)16-19-7-5-4-6-8-19;;/h4-8,18,20-22,24H,3,9-17H2,1-2H3,(H,25,27);2*1H. The number of nitrogens with zero attached hydrogens (tertiary/aromatic N) is 1. The first kappa shape index (κ1) is 27.2. The van der Waals surface area contributed by atoms with Crippen LogP contribution in [0, 0.1) is 11.8 Å². The molecule has 0 aromatic heterocycles. The van der Waals surface area contributed by atoms with Gasteiger partial charge >= 0.3 is 0 Å². The van der Waals surface area contributed by atoms with Crippen LogP contribution < -0.4 is 10.6 Å². The molecular formula is C23H39Cl2N3O2. The maximum atomic E-state index is 12.7. The van der Waals surface area contributed by atoms with Crippen molar-refractivity contribution in [1.29, 1.82) is 0 Å². The van der Waals surface area contributed by atoms with Crippen LogP contribution in [0.1, 0.15) is 45.1 Å². The van der Waals surface area contributed by atoms with Crippen LogP contribution in [0.5, 0.6) is 0 Å². The van der Waals surface area contributed by atoms with Crippen LogP contribution in [0.3, 0.4) is 0 Å². The zero-order chi connectivity index (χ0) is 19.8. The van der Waals surface area contributed by atoms with Crippen LogP contribution in [0.4, 0.5) is 0 Å². The number of ether oxygens (including phenoxy) is 1. The molecule has 2 aliphatic heterocycles. The van der Waals surface area contributed by atoms with Gasteiger partial charge in [-0.05, 0) is 49.8 Å². The van der Waals surface area contributed by atoms with E-state index in [9.17, 15) is 4.79 Å². The Balaban J connectivity index is 0.00000225. The van der Waals surface area contributed by atoms with Gasteiger partial charge in [-0.15, -0.1) is 24.8 Å². The van der Waals surface area contributed by atoms with Crippen LogP contribution in [0.15, 0.2) is 30.3 Å². The van der Waals surface area contributed by atoms with E-state index in [-0.39, 0.29) is 42.9 Å². The average molecular weight is 460 g/mol. The lowest BCUT2D eigenvalue weighted by Gasteiger charge is -2.37. The molecule has 1 aromatic rings. The molecule has 30 heavy (non-hydrogen) atoms. The van der Waals surface area contributed by atoms with E-state index in [1.165, 1.54) is 18.4 Å². The lowest BCUT2D eigenvalue weighted by atomic mass is 9.84. The molecule has 172 valence electrons. The van der Waals surface area contributed by atoms with E-state index >= 15 is 0 Å². The summed E-state index contributed by atoms with van der Waals surface area (Å²) >= 11 is 0. The van der Waals surface area contributed by atoms with Gasteiger partial charge in [0.05, 0.1) is 18.8 Å². The molecule has 3 atom stereocenters. The lowest BCUT2D eigenvalue weighted by Crippen LogP contribution is -2.53. The smallest absolute Gasteiger partial charge is 0.220 e. The van der Waals surface area contributed by atoms with E-state index in [1.54, 1.807) is 0 Å². The Kier molecular flexibility index (Phi) is 12.9. The molecule has 0 aliphatic carbocycles. The van der Waals surface area contributed by atoms with Crippen molar-refractivity contribution >= 4 is 30.7 Å². The number of rotatable bonds is 8. The highest BCUT2D eigenvalue weighted by Crippen LogP contribution is 2.24. The predicted octanol–water partition coefficient (Wildman–Crippen LogP) is 3.65. The summed E-state index contributed by atoms with van der Waals surface area (Å²) in [6, 6.07) is 10.7. The van der Waals surface area contributed by atoms with Crippen molar-refractivity contribution in [3.8, 4) is 0 Å². The number of morpholine rings is 1. The summed E-state index contributed by atoms with van der Waals surface area (Å²) in [4.78, 5) is 15.1. The minimum Gasteiger partial charge on any atom is -0.373 e. The second-order valence-electron chi connectivity index (χ2n) is 8.48. The predicted molar refractivity (Wildman–Crippen MR) is 128 cm³/mol. The van der Waals surface area contributed by atoms with E-state index < -0.39 is 0 Å². The number of piperidine rings is 1. The molecule has 1 amide bonds. The second-order valence-corrected chi connectivity index (χ2v) is 8.48. The molecule has 1 aromatic carbocycles. The van der Waals surface area contributed by atoms with Gasteiger partial charge in [0.15, 0.2) is 0 Å². The SMILES string of the molecule is CCC(NC(=O)CC(C)C1CCNCC1)C1CN(Cc2ccccc2)CCO1.Cl.Cl. The molecule has 2 aliphatic rings. The molecule has 5 nitrogen and oxygen atoms in total. The Morgan fingerprint density at radius 3 is 2.60 bits per heavy atom. The first-order chi connectivity index (χ1) is 13.7. The zero-order valence-corrected chi connectivity index (χ0v) is 20.0. The van der Waals surface area contributed by atoms with Crippen LogP contribution in [-0.2, 0) is 16.1 Å². The summed E-state index contributed by atoms with van der Waals surface area (Å²) in [5.41, 5.74) is 1.33. The number of nitrogens with one attached hydrogen (secondary N) is 2. The minimum absolute atomic E-state index is 0. The van der Waals surface area contributed by atoms with Crippen molar-refractivity contribution in [2.24, 2.45) is 11.8 Å². The highest BCUT2D eigenvalue weighted by Gasteiger charge is 2.29. The number of halogens is 2. The lowest BCUT2D eigenvalue weighted by molar-refractivity contribution is -0.125. The van der Waals surface area contributed by atoms with Crippen LogP contribution in [-0.4, -0.2) is 55.7 Å². The molecule has 2 saturated heterocycles. The van der Waals surface area contributed by atoms with Gasteiger partial charge in [0, 0.05) is 26.1 Å². The minimum atomic E-state index is 0. The molecule has 7 heteroatoms. The first-order valence-corrected chi connectivity index (χ1v) is 11.0. The summed E-state index contributed by atoms with van der Waals surface area (Å²) in [6.07, 6.45) is 3.97. The maximum Gasteiger partial charge on any atom is 0.220 e. The summed E-state index contributed by atoms with van der Waals surface area (Å²) in [5.74, 6) is 1.29. The topological polar surface area (TPSA) is 53.6 Å². The first-order valence-electron chi connectivity index (χ1n) is 11.0. The molecule has 0 saturated carbocycles. The monoisotopic (exact) mass is 459 g/mol. The van der Waals surface area contributed by atoms with Crippen molar-refractivity contribution in [3.63, 3.8) is 0 Å². The Morgan fingerprint density at radius 2 is 1.93 bits per heavy atom. The fourth-order valence-electron chi connectivity index (χ4n) is 4.56. The van der Waals surface area contributed by atoms with Crippen molar-refractivity contribution in [3.05, 3.63) is 35.9 Å². The molecule has 3 unspecified atom stereocenters. The van der Waals surface area contributed by atoms with E-state index in [4.69, 9.17) is 4.74 Å². The third-order valence-corrected chi connectivity index (χ3v) is 6.36. The third-order valence-electron chi connectivity index (χ3n) is 6.36. The largest absolute Gasteiger partial charge is 0.373 e. The Bertz CT molecular complexity index is 599. The number of carbonyl (C=O) groups excluding carboxylic acids is 1. The summed E-state index contributed by atoms with van der Waals surface area (Å²) in [5, 5.41) is 6.69. The average Bonchev–Trinajstić information content (AvgIpc) is 2.73. The number of benzene rings is 1. The van der Waals surface area contributed by atoms with Crippen molar-refractivity contribution < 1.29 is 9.53 Å². The van der Waals surface area contributed by atoms with Crippen LogP contribution in [0.25, 0.3) is 0 Å². The van der Waals surface area contributed by atoms with Gasteiger partial charge in [0.1, 0.15) is 0 Å². The van der Waals surface area contributed by atoms with E-state index in [2.05, 4.69) is 59.7 Å². The van der Waals surface area contributed by atoms with Crippen molar-refractivity contribution in [2.75, 3.05) is 32.8 Å². The maximum absolute atomic E-state index is 12.7. The van der Waals surface area contributed by atoms with Gasteiger partial charge in [0.2, 0.25) is 5.91 Å². The Labute approximate surface area is 194 Å². The molecule has 2 fully saturated rings. The van der Waals surface area contributed by atoms with E-state index in [0.717, 1.165) is 45.8 Å². The molecule has 0 spiro atoms. The number of hydrogen-bond donors (Lipinski definition) is 2. The highest BCUT2D eigenvalue weighted by molar-refractivity contribution is 5.85. The summed E-state index contributed by atoms with van der Waals surface area (Å²) in [7, 11) is 0. The van der Waals surface area contributed by atoms with E-state index in [1.807, 2.05) is 0 Å². The zero-order valence-electron chi connectivity index (χ0n) is 18.3. The van der Waals surface area contributed by atoms with Gasteiger partial charge in [0.25, 0.3) is 0 Å². The fourth-order valence-corrected chi connectivity index (χ4v) is 4.56. The molecule has 3 rings (SSSR count). The summed E-state index contributed by atoms with van der Waals surface area (Å²) < 4.78 is 6.06. The third kappa shape index (κ3) is 8.35. The van der Waals surface area contributed by atoms with Crippen LogP contribution >= 0.6 is 24.8 Å². The normalized spacial score (nSPS) is 22.3. The Morgan fingerprint density at radius 1 is 1.23 bits per heavy atom. The molecule has 2 N–H and O–H groups in total. The fraction of sp³-hybridized carbons (Fsp3) is 0.696. The van der Waals surface area contributed by atoms with Crippen LogP contribution in [0.2, 0.25) is 0 Å². The molecule has 0 bridgehead atoms. The second kappa shape index (κ2) is 14.3. The quantitative estimate of drug-likeness (QED) is 0.622. The van der Waals surface area contributed by atoms with Gasteiger partial charge < -0.3 is 15.4 Å². The number of amides is 1. The number of hydrogen-bond acceptors (Lipinski definition) is 4. The number of carbonyl (C=O) groups is 1. The van der Waals surface area contributed by atoms with Gasteiger partial charge in [-0.3, -0.25) is 9.69 Å². The molecular weight excluding hydrogens is 421 g/mol. The highest BCUT2D eigenvalue weighted by atomic mass is 35.5. The van der Waals surface area contributed by atoms with Gasteiger partial charge in [-0.1, -0.05) is 44.2 Å². The van der Waals surface area contributed by atoms with Gasteiger partial charge in [-0.25, -0.2) is 0 Å². The molecule has 2 heterocycles. The molecule has 0 radical (unpaired) electrons. The van der Waals surface area contributed by atoms with Crippen molar-refractivity contribution in [1.82, 2.24) is 15.5 Å². The van der Waals surface area contributed by atoms with E-state index in [0.29, 0.717) is 18.3 Å².